The standard InChI is InChI=1S/C14H18N4O/c1-15-14-17-8-11(9-18-14)7-16-10-12-5-3-4-6-13(12)19-2/h3-6,8-9,16H,7,10H2,1-2H3,(H,15,17,18). The molecular formula is C14H18N4O. The van der Waals surface area contributed by atoms with E-state index in [-0.39, 0.29) is 0 Å². The van der Waals surface area contributed by atoms with Crippen molar-refractivity contribution in [3.8, 4) is 5.75 Å². The highest BCUT2D eigenvalue weighted by molar-refractivity contribution is 5.33. The molecule has 0 spiro atoms. The summed E-state index contributed by atoms with van der Waals surface area (Å²) in [5, 5.41) is 6.24. The second-order valence-electron chi connectivity index (χ2n) is 4.08. The monoisotopic (exact) mass is 258 g/mol. The van der Waals surface area contributed by atoms with E-state index in [0.29, 0.717) is 5.95 Å². The van der Waals surface area contributed by atoms with Crippen molar-refractivity contribution < 1.29 is 4.74 Å². The van der Waals surface area contributed by atoms with Gasteiger partial charge in [-0.1, -0.05) is 18.2 Å². The van der Waals surface area contributed by atoms with Crippen LogP contribution >= 0.6 is 0 Å². The first-order valence-corrected chi connectivity index (χ1v) is 6.14. The molecule has 0 fully saturated rings. The Kier molecular flexibility index (Phi) is 4.69. The van der Waals surface area contributed by atoms with Crippen LogP contribution in [0.4, 0.5) is 5.95 Å². The predicted molar refractivity (Wildman–Crippen MR) is 75.1 cm³/mol. The van der Waals surface area contributed by atoms with Gasteiger partial charge < -0.3 is 15.4 Å². The first-order valence-electron chi connectivity index (χ1n) is 6.14. The van der Waals surface area contributed by atoms with Crippen molar-refractivity contribution >= 4 is 5.95 Å². The molecule has 0 saturated carbocycles. The van der Waals surface area contributed by atoms with E-state index in [4.69, 9.17) is 4.74 Å². The fourth-order valence-electron chi connectivity index (χ4n) is 1.77. The van der Waals surface area contributed by atoms with Crippen LogP contribution in [-0.2, 0) is 13.1 Å². The third kappa shape index (κ3) is 3.66. The summed E-state index contributed by atoms with van der Waals surface area (Å²) in [7, 11) is 3.48. The maximum Gasteiger partial charge on any atom is 0.222 e. The predicted octanol–water partition coefficient (Wildman–Crippen LogP) is 1.82. The SMILES string of the molecule is CNc1ncc(CNCc2ccccc2OC)cn1. The summed E-state index contributed by atoms with van der Waals surface area (Å²) in [6.45, 7) is 1.47. The molecule has 0 aliphatic carbocycles. The highest BCUT2D eigenvalue weighted by Crippen LogP contribution is 2.16. The van der Waals surface area contributed by atoms with Crippen LogP contribution in [0.25, 0.3) is 0 Å². The molecule has 100 valence electrons. The molecule has 2 rings (SSSR count). The molecule has 2 N–H and O–H groups in total. The van der Waals surface area contributed by atoms with Gasteiger partial charge in [0.15, 0.2) is 0 Å². The van der Waals surface area contributed by atoms with Crippen molar-refractivity contribution in [3.05, 3.63) is 47.8 Å². The van der Waals surface area contributed by atoms with Crippen LogP contribution in [0.3, 0.4) is 0 Å². The number of para-hydroxylation sites is 1. The Bertz CT molecular complexity index is 513. The van der Waals surface area contributed by atoms with Crippen LogP contribution < -0.4 is 15.4 Å². The Balaban J connectivity index is 1.88. The number of nitrogens with zero attached hydrogens (tertiary/aromatic N) is 2. The number of hydrogen-bond donors (Lipinski definition) is 2. The van der Waals surface area contributed by atoms with Crippen LogP contribution in [0.1, 0.15) is 11.1 Å². The molecule has 1 aromatic heterocycles. The molecule has 0 amide bonds. The van der Waals surface area contributed by atoms with Gasteiger partial charge in [-0.3, -0.25) is 0 Å². The Hall–Kier alpha value is -2.14. The summed E-state index contributed by atoms with van der Waals surface area (Å²) in [6, 6.07) is 7.98. The summed E-state index contributed by atoms with van der Waals surface area (Å²) in [5.41, 5.74) is 2.19. The van der Waals surface area contributed by atoms with Crippen LogP contribution in [0, 0.1) is 0 Å². The molecule has 0 radical (unpaired) electrons. The van der Waals surface area contributed by atoms with Gasteiger partial charge in [-0.2, -0.15) is 0 Å². The summed E-state index contributed by atoms with van der Waals surface area (Å²) in [6.07, 6.45) is 3.63. The van der Waals surface area contributed by atoms with Gasteiger partial charge >= 0.3 is 0 Å². The van der Waals surface area contributed by atoms with E-state index >= 15 is 0 Å². The number of anilines is 1. The minimum absolute atomic E-state index is 0.633. The third-order valence-corrected chi connectivity index (χ3v) is 2.77. The minimum atomic E-state index is 0.633. The lowest BCUT2D eigenvalue weighted by atomic mass is 10.2. The number of nitrogens with one attached hydrogen (secondary N) is 2. The lowest BCUT2D eigenvalue weighted by molar-refractivity contribution is 0.407. The summed E-state index contributed by atoms with van der Waals surface area (Å²) >= 11 is 0. The topological polar surface area (TPSA) is 59.1 Å². The fraction of sp³-hybridized carbons (Fsp3) is 0.286. The van der Waals surface area contributed by atoms with Crippen molar-refractivity contribution in [2.75, 3.05) is 19.5 Å². The molecule has 0 unspecified atom stereocenters. The first-order chi connectivity index (χ1) is 9.33. The first kappa shape index (κ1) is 13.3. The van der Waals surface area contributed by atoms with Crippen LogP contribution in [-0.4, -0.2) is 24.1 Å². The molecule has 19 heavy (non-hydrogen) atoms. The number of rotatable bonds is 6. The van der Waals surface area contributed by atoms with Gasteiger partial charge in [-0.15, -0.1) is 0 Å². The Labute approximate surface area is 113 Å². The van der Waals surface area contributed by atoms with Crippen LogP contribution in [0.15, 0.2) is 36.7 Å². The molecule has 2 aromatic rings. The average Bonchev–Trinajstić information content (AvgIpc) is 2.48. The average molecular weight is 258 g/mol. The van der Waals surface area contributed by atoms with Crippen molar-refractivity contribution in [3.63, 3.8) is 0 Å². The molecule has 0 aliphatic rings. The third-order valence-electron chi connectivity index (χ3n) is 2.77. The quantitative estimate of drug-likeness (QED) is 0.827. The Morgan fingerprint density at radius 2 is 1.84 bits per heavy atom. The zero-order chi connectivity index (χ0) is 13.5. The molecular weight excluding hydrogens is 240 g/mol. The second kappa shape index (κ2) is 6.70. The number of ether oxygens (including phenoxy) is 1. The molecule has 0 atom stereocenters. The number of aromatic nitrogens is 2. The summed E-state index contributed by atoms with van der Waals surface area (Å²) < 4.78 is 5.31. The van der Waals surface area contributed by atoms with E-state index in [2.05, 4.69) is 20.6 Å². The molecule has 5 heteroatoms. The number of methoxy groups -OCH3 is 1. The van der Waals surface area contributed by atoms with E-state index in [1.54, 1.807) is 14.2 Å². The summed E-state index contributed by atoms with van der Waals surface area (Å²) in [5.74, 6) is 1.53. The normalized spacial score (nSPS) is 10.2. The lowest BCUT2D eigenvalue weighted by Gasteiger charge is -2.09. The van der Waals surface area contributed by atoms with Crippen molar-refractivity contribution in [2.45, 2.75) is 13.1 Å². The molecule has 1 heterocycles. The molecule has 0 bridgehead atoms. The van der Waals surface area contributed by atoms with Crippen molar-refractivity contribution in [2.24, 2.45) is 0 Å². The Morgan fingerprint density at radius 1 is 1.11 bits per heavy atom. The van der Waals surface area contributed by atoms with Gasteiger partial charge in [0, 0.05) is 43.7 Å². The largest absolute Gasteiger partial charge is 0.496 e. The zero-order valence-corrected chi connectivity index (χ0v) is 11.2. The number of benzene rings is 1. The summed E-state index contributed by atoms with van der Waals surface area (Å²) in [4.78, 5) is 8.34. The Morgan fingerprint density at radius 3 is 2.53 bits per heavy atom. The maximum absolute atomic E-state index is 5.31. The second-order valence-corrected chi connectivity index (χ2v) is 4.08. The highest BCUT2D eigenvalue weighted by Gasteiger charge is 2.01. The molecule has 5 nitrogen and oxygen atoms in total. The van der Waals surface area contributed by atoms with Crippen molar-refractivity contribution in [1.82, 2.24) is 15.3 Å². The van der Waals surface area contributed by atoms with Gasteiger partial charge in [0.25, 0.3) is 0 Å². The zero-order valence-electron chi connectivity index (χ0n) is 11.2. The van der Waals surface area contributed by atoms with E-state index in [1.807, 2.05) is 36.7 Å². The van der Waals surface area contributed by atoms with Crippen LogP contribution in [0.2, 0.25) is 0 Å². The van der Waals surface area contributed by atoms with Crippen molar-refractivity contribution in [1.29, 1.82) is 0 Å². The van der Waals surface area contributed by atoms with E-state index in [0.717, 1.165) is 30.0 Å². The molecule has 0 saturated heterocycles. The number of hydrogen-bond acceptors (Lipinski definition) is 5. The van der Waals surface area contributed by atoms with Gasteiger partial charge in [-0.25, -0.2) is 9.97 Å². The van der Waals surface area contributed by atoms with Gasteiger partial charge in [0.05, 0.1) is 7.11 Å². The van der Waals surface area contributed by atoms with Gasteiger partial charge in [-0.05, 0) is 6.07 Å². The maximum atomic E-state index is 5.31. The van der Waals surface area contributed by atoms with E-state index in [9.17, 15) is 0 Å². The smallest absolute Gasteiger partial charge is 0.222 e. The molecule has 0 aliphatic heterocycles. The highest BCUT2D eigenvalue weighted by atomic mass is 16.5. The fourth-order valence-corrected chi connectivity index (χ4v) is 1.77. The van der Waals surface area contributed by atoms with Gasteiger partial charge in [0.1, 0.15) is 5.75 Å². The van der Waals surface area contributed by atoms with Crippen LogP contribution in [0.5, 0.6) is 5.75 Å². The minimum Gasteiger partial charge on any atom is -0.496 e. The van der Waals surface area contributed by atoms with Gasteiger partial charge in [0.2, 0.25) is 5.95 Å². The molecule has 1 aromatic carbocycles. The van der Waals surface area contributed by atoms with E-state index < -0.39 is 0 Å². The lowest BCUT2D eigenvalue weighted by Crippen LogP contribution is -2.14. The van der Waals surface area contributed by atoms with E-state index in [1.165, 1.54) is 0 Å².